The molecule has 0 aliphatic heterocycles. The van der Waals surface area contributed by atoms with Gasteiger partial charge in [-0.25, -0.2) is 0 Å². The topological polar surface area (TPSA) is 34.1 Å². The van der Waals surface area contributed by atoms with Gasteiger partial charge in [-0.05, 0) is 47.3 Å². The van der Waals surface area contributed by atoms with Gasteiger partial charge in [-0.2, -0.15) is 0 Å². The van der Waals surface area contributed by atoms with Crippen LogP contribution in [0.4, 0.5) is 0 Å². The van der Waals surface area contributed by atoms with Crippen molar-refractivity contribution in [2.24, 2.45) is 59.2 Å². The lowest BCUT2D eigenvalue weighted by Gasteiger charge is -2.54. The predicted octanol–water partition coefficient (Wildman–Crippen LogP) is 0.924. The van der Waals surface area contributed by atoms with Crippen LogP contribution in [0.5, 0.6) is 0 Å². The van der Waals surface area contributed by atoms with Crippen LogP contribution in [-0.2, 0) is 9.59 Å². The fourth-order valence-electron chi connectivity index (χ4n) is 7.16. The minimum absolute atomic E-state index is 0.0226. The first-order chi connectivity index (χ1) is 7.80. The average molecular weight is 212 g/mol. The molecule has 0 heterocycles. The van der Waals surface area contributed by atoms with Crippen molar-refractivity contribution in [1.82, 2.24) is 0 Å². The highest BCUT2D eigenvalue weighted by Crippen LogP contribution is 2.83. The third-order valence-electron chi connectivity index (χ3n) is 7.06. The molecule has 2 heteroatoms. The van der Waals surface area contributed by atoms with Crippen molar-refractivity contribution >= 4 is 11.6 Å². The summed E-state index contributed by atoms with van der Waals surface area (Å²) in [5, 5.41) is 0. The molecule has 4 bridgehead atoms. The quantitative estimate of drug-likeness (QED) is 0.442. The van der Waals surface area contributed by atoms with Crippen LogP contribution in [0, 0.1) is 59.2 Å². The number of hydrogen-bond acceptors (Lipinski definition) is 2. The molecular weight excluding hydrogens is 200 g/mol. The molecule has 0 amide bonds. The zero-order valence-electron chi connectivity index (χ0n) is 8.74. The first-order valence-electron chi connectivity index (χ1n) is 6.57. The molecule has 0 N–H and O–H groups in total. The lowest BCUT2D eigenvalue weighted by atomic mass is 9.48. The van der Waals surface area contributed by atoms with Crippen LogP contribution in [0.3, 0.4) is 0 Å². The second-order valence-corrected chi connectivity index (χ2v) is 6.78. The van der Waals surface area contributed by atoms with E-state index in [1.165, 1.54) is 0 Å². The van der Waals surface area contributed by atoms with Gasteiger partial charge in [0.05, 0.1) is 0 Å². The normalized spacial score (nSPS) is 74.2. The molecule has 0 spiro atoms. The smallest absolute Gasteiger partial charge is 0.202 e. The number of rotatable bonds is 0. The van der Waals surface area contributed by atoms with E-state index in [4.69, 9.17) is 0 Å². The third kappa shape index (κ3) is 0.412. The van der Waals surface area contributed by atoms with Crippen molar-refractivity contribution in [2.45, 2.75) is 0 Å². The maximum absolute atomic E-state index is 12.1. The summed E-state index contributed by atoms with van der Waals surface area (Å²) in [6, 6.07) is 0. The molecule has 10 unspecified atom stereocenters. The molecule has 5 fully saturated rings. The molecule has 10 atom stereocenters. The Balaban J connectivity index is 1.75. The van der Waals surface area contributed by atoms with Gasteiger partial charge in [-0.3, -0.25) is 9.59 Å². The molecule has 7 aliphatic rings. The van der Waals surface area contributed by atoms with Gasteiger partial charge in [0, 0.05) is 11.8 Å². The summed E-state index contributed by atoms with van der Waals surface area (Å²) in [6.07, 6.45) is 4.78. The monoisotopic (exact) mass is 212 g/mol. The molecule has 5 saturated carbocycles. The first-order valence-corrected chi connectivity index (χ1v) is 6.57. The molecule has 7 rings (SSSR count). The number of carbonyl (C=O) groups excluding carboxylic acids is 2. The molecule has 0 radical (unpaired) electrons. The van der Waals surface area contributed by atoms with Crippen molar-refractivity contribution in [3.8, 4) is 0 Å². The number of carbonyl (C=O) groups is 2. The lowest BCUT2D eigenvalue weighted by Crippen LogP contribution is -2.58. The van der Waals surface area contributed by atoms with E-state index in [0.717, 1.165) is 11.8 Å². The molecule has 80 valence electrons. The number of allylic oxidation sites excluding steroid dienone is 2. The van der Waals surface area contributed by atoms with Crippen molar-refractivity contribution in [2.75, 3.05) is 0 Å². The van der Waals surface area contributed by atoms with E-state index >= 15 is 0 Å². The lowest BCUT2D eigenvalue weighted by molar-refractivity contribution is -0.162. The second kappa shape index (κ2) is 1.75. The van der Waals surface area contributed by atoms with E-state index in [1.807, 2.05) is 0 Å². The molecule has 0 saturated heterocycles. The molecule has 2 nitrogen and oxygen atoms in total. The van der Waals surface area contributed by atoms with Crippen LogP contribution >= 0.6 is 0 Å². The van der Waals surface area contributed by atoms with Crippen LogP contribution in [0.25, 0.3) is 0 Å². The van der Waals surface area contributed by atoms with Crippen molar-refractivity contribution in [1.29, 1.82) is 0 Å². The van der Waals surface area contributed by atoms with E-state index in [0.29, 0.717) is 35.5 Å². The molecular formula is C14H12O2. The Morgan fingerprint density at radius 3 is 1.50 bits per heavy atom. The fraction of sp³-hybridized carbons (Fsp3) is 0.714. The summed E-state index contributed by atoms with van der Waals surface area (Å²) in [6.45, 7) is 0. The van der Waals surface area contributed by atoms with E-state index in [-0.39, 0.29) is 23.4 Å². The second-order valence-electron chi connectivity index (χ2n) is 6.78. The van der Waals surface area contributed by atoms with Crippen molar-refractivity contribution < 1.29 is 9.59 Å². The molecule has 7 aliphatic carbocycles. The summed E-state index contributed by atoms with van der Waals surface area (Å²) < 4.78 is 0. The minimum Gasteiger partial charge on any atom is -0.291 e. The third-order valence-corrected chi connectivity index (χ3v) is 7.06. The Hall–Kier alpha value is -0.920. The summed E-state index contributed by atoms with van der Waals surface area (Å²) >= 11 is 0. The average Bonchev–Trinajstić information content (AvgIpc) is 2.61. The van der Waals surface area contributed by atoms with Crippen LogP contribution in [0.1, 0.15) is 0 Å². The Morgan fingerprint density at radius 2 is 1.06 bits per heavy atom. The van der Waals surface area contributed by atoms with Gasteiger partial charge in [-0.1, -0.05) is 12.2 Å². The van der Waals surface area contributed by atoms with Gasteiger partial charge in [0.15, 0.2) is 0 Å². The van der Waals surface area contributed by atoms with Crippen LogP contribution in [0.2, 0.25) is 0 Å². The van der Waals surface area contributed by atoms with Gasteiger partial charge in [0.2, 0.25) is 11.6 Å². The first kappa shape index (κ1) is 7.41. The summed E-state index contributed by atoms with van der Waals surface area (Å²) in [5.41, 5.74) is 0. The molecule has 16 heavy (non-hydrogen) atoms. The van der Waals surface area contributed by atoms with Crippen molar-refractivity contribution in [3.05, 3.63) is 12.2 Å². The minimum atomic E-state index is 0.0226. The Bertz CT molecular complexity index is 473. The molecule has 0 aromatic rings. The van der Waals surface area contributed by atoms with Crippen LogP contribution < -0.4 is 0 Å². The SMILES string of the molecule is O=C1C(=O)C2C3C4C=CC5C3C1C1C5C4C21. The van der Waals surface area contributed by atoms with Gasteiger partial charge >= 0.3 is 0 Å². The van der Waals surface area contributed by atoms with Crippen LogP contribution in [-0.4, -0.2) is 11.6 Å². The predicted molar refractivity (Wildman–Crippen MR) is 54.1 cm³/mol. The summed E-state index contributed by atoms with van der Waals surface area (Å²) in [7, 11) is 0. The highest BCUT2D eigenvalue weighted by atomic mass is 16.2. The molecule has 0 aromatic heterocycles. The fourth-order valence-corrected chi connectivity index (χ4v) is 7.16. The zero-order chi connectivity index (χ0) is 10.3. The van der Waals surface area contributed by atoms with E-state index in [2.05, 4.69) is 12.2 Å². The van der Waals surface area contributed by atoms with Gasteiger partial charge in [-0.15, -0.1) is 0 Å². The summed E-state index contributed by atoms with van der Waals surface area (Å²) in [5.74, 6) is 5.72. The largest absolute Gasteiger partial charge is 0.291 e. The van der Waals surface area contributed by atoms with E-state index in [9.17, 15) is 9.59 Å². The number of fused-ring (bicyclic) bond motifs is 1. The molecule has 0 aromatic carbocycles. The van der Waals surface area contributed by atoms with E-state index < -0.39 is 0 Å². The number of hydrogen-bond donors (Lipinski definition) is 0. The van der Waals surface area contributed by atoms with Crippen molar-refractivity contribution in [3.63, 3.8) is 0 Å². The van der Waals surface area contributed by atoms with Gasteiger partial charge in [0.1, 0.15) is 0 Å². The maximum atomic E-state index is 12.1. The standard InChI is InChI=1S/C14H12O2/c15-13-11-7-3-1-2-4-6-5(3)9(11)10(6)12(8(4)7)14(13)16/h1-12H. The maximum Gasteiger partial charge on any atom is 0.202 e. The van der Waals surface area contributed by atoms with Gasteiger partial charge in [0.25, 0.3) is 0 Å². The van der Waals surface area contributed by atoms with Crippen LogP contribution in [0.15, 0.2) is 12.2 Å². The Kier molecular flexibility index (Phi) is 0.812. The zero-order valence-corrected chi connectivity index (χ0v) is 8.74. The highest BCUT2D eigenvalue weighted by molar-refractivity contribution is 6.40. The summed E-state index contributed by atoms with van der Waals surface area (Å²) in [4.78, 5) is 24.2. The highest BCUT2D eigenvalue weighted by Gasteiger charge is 2.84. The van der Waals surface area contributed by atoms with Gasteiger partial charge < -0.3 is 0 Å². The number of Topliss-reactive ketones (excluding diaryl/α,β-unsaturated/α-hetero) is 2. The van der Waals surface area contributed by atoms with E-state index in [1.54, 1.807) is 0 Å². The number of ketones is 2. The Morgan fingerprint density at radius 1 is 0.625 bits per heavy atom. The Labute approximate surface area is 93.1 Å².